The van der Waals surface area contributed by atoms with Crippen molar-refractivity contribution in [1.82, 2.24) is 5.43 Å². The number of nitrogens with zero attached hydrogens (tertiary/aromatic N) is 3. The predicted octanol–water partition coefficient (Wildman–Crippen LogP) is 4.74. The summed E-state index contributed by atoms with van der Waals surface area (Å²) in [5.74, 6) is 1.40. The molecule has 0 saturated heterocycles. The molecule has 0 aliphatic carbocycles. The highest BCUT2D eigenvalue weighted by Gasteiger charge is 2.18. The molecule has 1 N–H and O–H groups in total. The van der Waals surface area contributed by atoms with Gasteiger partial charge in [0.15, 0.2) is 5.84 Å². The van der Waals surface area contributed by atoms with Crippen LogP contribution in [0.15, 0.2) is 76.8 Å². The van der Waals surface area contributed by atoms with Crippen LogP contribution >= 0.6 is 0 Å². The van der Waals surface area contributed by atoms with Crippen LogP contribution in [0.25, 0.3) is 0 Å². The number of fused-ring (bicyclic) bond motifs is 1. The average Bonchev–Trinajstić information content (AvgIpc) is 2.94. The molecule has 1 heterocycles. The van der Waals surface area contributed by atoms with E-state index in [9.17, 15) is 10.1 Å². The predicted molar refractivity (Wildman–Crippen MR) is 117 cm³/mol. The minimum atomic E-state index is -0.415. The molecule has 7 nitrogen and oxygen atoms in total. The molecule has 1 aliphatic rings. The van der Waals surface area contributed by atoms with Crippen molar-refractivity contribution in [2.24, 2.45) is 10.1 Å². The molecule has 0 bridgehead atoms. The number of aryl methyl sites for hydroxylation is 1. The van der Waals surface area contributed by atoms with Crippen LogP contribution in [0.5, 0.6) is 5.75 Å². The lowest BCUT2D eigenvalue weighted by atomic mass is 9.99. The Morgan fingerprint density at radius 2 is 1.70 bits per heavy atom. The lowest BCUT2D eigenvalue weighted by Crippen LogP contribution is -2.19. The lowest BCUT2D eigenvalue weighted by Gasteiger charge is -2.08. The number of benzene rings is 3. The summed E-state index contributed by atoms with van der Waals surface area (Å²) in [5.41, 5.74) is 8.12. The number of nitro benzene ring substituents is 1. The number of non-ortho nitro benzene ring substituents is 1. The van der Waals surface area contributed by atoms with E-state index in [0.29, 0.717) is 18.2 Å². The number of hydrazone groups is 1. The highest BCUT2D eigenvalue weighted by molar-refractivity contribution is 6.18. The Kier molecular flexibility index (Phi) is 5.26. The molecule has 7 heteroatoms. The normalized spacial score (nSPS) is 12.7. The van der Waals surface area contributed by atoms with E-state index in [1.165, 1.54) is 12.1 Å². The van der Waals surface area contributed by atoms with Gasteiger partial charge in [0.05, 0.1) is 22.9 Å². The molecule has 1 aliphatic heterocycles. The summed E-state index contributed by atoms with van der Waals surface area (Å²) in [7, 11) is 0. The van der Waals surface area contributed by atoms with Crippen LogP contribution in [0, 0.1) is 17.0 Å². The molecule has 0 unspecified atom stereocenters. The number of amidine groups is 1. The fourth-order valence-electron chi connectivity index (χ4n) is 3.22. The first-order valence-electron chi connectivity index (χ1n) is 9.56. The van der Waals surface area contributed by atoms with Gasteiger partial charge in [-0.3, -0.25) is 15.5 Å². The smallest absolute Gasteiger partial charge is 0.269 e. The van der Waals surface area contributed by atoms with E-state index in [1.54, 1.807) is 12.1 Å². The number of nitrogens with one attached hydrogen (secondary N) is 1. The van der Waals surface area contributed by atoms with Gasteiger partial charge in [-0.25, -0.2) is 4.99 Å². The summed E-state index contributed by atoms with van der Waals surface area (Å²) in [4.78, 5) is 15.4. The van der Waals surface area contributed by atoms with Gasteiger partial charge in [0.2, 0.25) is 0 Å². The van der Waals surface area contributed by atoms with Gasteiger partial charge in [0, 0.05) is 28.8 Å². The van der Waals surface area contributed by atoms with Crippen molar-refractivity contribution in [2.75, 3.05) is 6.61 Å². The van der Waals surface area contributed by atoms with Crippen LogP contribution in [-0.2, 0) is 0 Å². The molecule has 0 amide bonds. The first-order chi connectivity index (χ1) is 14.5. The number of rotatable bonds is 5. The molecule has 4 rings (SSSR count). The summed E-state index contributed by atoms with van der Waals surface area (Å²) >= 11 is 0. The fourth-order valence-corrected chi connectivity index (χ4v) is 3.22. The molecule has 0 spiro atoms. The largest absolute Gasteiger partial charge is 0.494 e. The summed E-state index contributed by atoms with van der Waals surface area (Å²) in [5, 5.41) is 15.6. The van der Waals surface area contributed by atoms with Crippen molar-refractivity contribution < 1.29 is 9.66 Å². The molecule has 150 valence electrons. The Morgan fingerprint density at radius 1 is 1.00 bits per heavy atom. The zero-order chi connectivity index (χ0) is 21.1. The van der Waals surface area contributed by atoms with Gasteiger partial charge in [-0.2, -0.15) is 5.10 Å². The van der Waals surface area contributed by atoms with Gasteiger partial charge in [0.25, 0.3) is 5.69 Å². The third-order valence-corrected chi connectivity index (χ3v) is 4.70. The number of ether oxygens (including phenoxy) is 1. The highest BCUT2D eigenvalue weighted by atomic mass is 16.6. The second-order valence-corrected chi connectivity index (χ2v) is 6.81. The number of aliphatic imine (C=N–C) groups is 1. The van der Waals surface area contributed by atoms with Crippen LogP contribution in [0.2, 0.25) is 0 Å². The molecular formula is C23H20N4O3. The molecule has 0 fully saturated rings. The van der Waals surface area contributed by atoms with Gasteiger partial charge in [-0.05, 0) is 62.4 Å². The Bertz CT molecular complexity index is 1150. The van der Waals surface area contributed by atoms with Gasteiger partial charge in [-0.1, -0.05) is 11.6 Å². The van der Waals surface area contributed by atoms with E-state index in [1.807, 2.05) is 56.3 Å². The Hall–Kier alpha value is -4.00. The summed E-state index contributed by atoms with van der Waals surface area (Å²) in [6.07, 6.45) is 0. The van der Waals surface area contributed by atoms with Gasteiger partial charge < -0.3 is 4.74 Å². The number of hydrogen-bond acceptors (Lipinski definition) is 6. The summed E-state index contributed by atoms with van der Waals surface area (Å²) in [6.45, 7) is 4.55. The standard InChI is InChI=1S/C23H20N4O3/c1-3-30-19-11-7-17(8-12-19)23-24-21-13-4-15(2)14-20(21)22(25-26-23)16-5-9-18(10-6-16)27(28)29/h4-14H,3H2,1-2H3,(H,24,26). The maximum absolute atomic E-state index is 11.0. The Balaban J connectivity index is 1.76. The second-order valence-electron chi connectivity index (χ2n) is 6.81. The minimum absolute atomic E-state index is 0.0386. The van der Waals surface area contributed by atoms with Crippen molar-refractivity contribution in [2.45, 2.75) is 13.8 Å². The second kappa shape index (κ2) is 8.16. The SMILES string of the molecule is CCOc1ccc(C2=Nc3ccc(C)cc3C(c3ccc([N+](=O)[O-])cc3)=NN2)cc1. The monoisotopic (exact) mass is 400 g/mol. The van der Waals surface area contributed by atoms with Crippen molar-refractivity contribution >= 4 is 22.9 Å². The third kappa shape index (κ3) is 3.91. The molecule has 0 radical (unpaired) electrons. The molecule has 3 aromatic carbocycles. The van der Waals surface area contributed by atoms with E-state index < -0.39 is 4.92 Å². The summed E-state index contributed by atoms with van der Waals surface area (Å²) < 4.78 is 5.51. The molecule has 0 saturated carbocycles. The van der Waals surface area contributed by atoms with E-state index in [-0.39, 0.29) is 5.69 Å². The number of hydrogen-bond donors (Lipinski definition) is 1. The first-order valence-corrected chi connectivity index (χ1v) is 9.56. The topological polar surface area (TPSA) is 89.1 Å². The van der Waals surface area contributed by atoms with Crippen molar-refractivity contribution in [1.29, 1.82) is 0 Å². The van der Waals surface area contributed by atoms with Crippen molar-refractivity contribution in [3.8, 4) is 5.75 Å². The molecule has 30 heavy (non-hydrogen) atoms. The van der Waals surface area contributed by atoms with Crippen LogP contribution < -0.4 is 10.2 Å². The van der Waals surface area contributed by atoms with Gasteiger partial charge in [0.1, 0.15) is 5.75 Å². The quantitative estimate of drug-likeness (QED) is 0.495. The maximum Gasteiger partial charge on any atom is 0.269 e. The van der Waals surface area contributed by atoms with Crippen LogP contribution in [0.1, 0.15) is 29.2 Å². The maximum atomic E-state index is 11.0. The van der Waals surface area contributed by atoms with E-state index in [4.69, 9.17) is 9.73 Å². The van der Waals surface area contributed by atoms with Crippen LogP contribution in [-0.4, -0.2) is 23.1 Å². The van der Waals surface area contributed by atoms with Crippen LogP contribution in [0.4, 0.5) is 11.4 Å². The van der Waals surface area contributed by atoms with Crippen molar-refractivity contribution in [3.63, 3.8) is 0 Å². The zero-order valence-corrected chi connectivity index (χ0v) is 16.6. The average molecular weight is 400 g/mol. The van der Waals surface area contributed by atoms with E-state index >= 15 is 0 Å². The van der Waals surface area contributed by atoms with Crippen molar-refractivity contribution in [3.05, 3.63) is 99.1 Å². The molecular weight excluding hydrogens is 380 g/mol. The van der Waals surface area contributed by atoms with Gasteiger partial charge >= 0.3 is 0 Å². The fraction of sp³-hybridized carbons (Fsp3) is 0.130. The van der Waals surface area contributed by atoms with E-state index in [2.05, 4.69) is 10.5 Å². The first kappa shape index (κ1) is 19.3. The minimum Gasteiger partial charge on any atom is -0.494 e. The number of nitro groups is 1. The third-order valence-electron chi connectivity index (χ3n) is 4.70. The molecule has 3 aromatic rings. The Labute approximate surface area is 173 Å². The molecule has 0 aromatic heterocycles. The molecule has 0 atom stereocenters. The zero-order valence-electron chi connectivity index (χ0n) is 16.6. The Morgan fingerprint density at radius 3 is 2.37 bits per heavy atom. The van der Waals surface area contributed by atoms with Gasteiger partial charge in [-0.15, -0.1) is 0 Å². The lowest BCUT2D eigenvalue weighted by molar-refractivity contribution is -0.384. The highest BCUT2D eigenvalue weighted by Crippen LogP contribution is 2.28. The van der Waals surface area contributed by atoms with Crippen LogP contribution in [0.3, 0.4) is 0 Å². The van der Waals surface area contributed by atoms with E-state index in [0.717, 1.165) is 33.7 Å². The summed E-state index contributed by atoms with van der Waals surface area (Å²) in [6, 6.07) is 20.0.